The number of thiocarbonyl (C=S) groups is 1. The number of benzene rings is 2. The van der Waals surface area contributed by atoms with Gasteiger partial charge in [-0.1, -0.05) is 48.4 Å². The molecule has 2 nitrogen and oxygen atoms in total. The van der Waals surface area contributed by atoms with Crippen LogP contribution in [0, 0.1) is 11.7 Å². The standard InChI is InChI=1S/C22H22ClFO2S/c1-26-21-13-15(7-10-20(21)23)19-4-2-3-16(22(19)25)12-18(27)11-14-5-8-17(24)9-6-14/h5-10,13,16,19H,2-4,11-12H2,1H3. The molecule has 2 unspecified atom stereocenters. The predicted octanol–water partition coefficient (Wildman–Crippen LogP) is 5.94. The van der Waals surface area contributed by atoms with Gasteiger partial charge in [0.15, 0.2) is 0 Å². The maximum absolute atomic E-state index is 13.1. The van der Waals surface area contributed by atoms with Crippen molar-refractivity contribution in [3.8, 4) is 5.75 Å². The molecule has 0 amide bonds. The minimum absolute atomic E-state index is 0.0571. The molecular weight excluding hydrogens is 383 g/mol. The number of Topliss-reactive ketones (excluding diaryl/α,β-unsaturated/α-hetero) is 1. The molecule has 2 aromatic carbocycles. The molecule has 27 heavy (non-hydrogen) atoms. The molecule has 0 heterocycles. The van der Waals surface area contributed by atoms with Gasteiger partial charge in [0.25, 0.3) is 0 Å². The van der Waals surface area contributed by atoms with Crippen LogP contribution in [-0.2, 0) is 11.2 Å². The van der Waals surface area contributed by atoms with Crippen molar-refractivity contribution in [3.05, 3.63) is 64.4 Å². The van der Waals surface area contributed by atoms with Crippen LogP contribution in [0.5, 0.6) is 5.75 Å². The summed E-state index contributed by atoms with van der Waals surface area (Å²) in [6.07, 6.45) is 3.89. The van der Waals surface area contributed by atoms with Gasteiger partial charge in [0, 0.05) is 18.3 Å². The Labute approximate surface area is 169 Å². The lowest BCUT2D eigenvalue weighted by atomic mass is 9.75. The molecule has 0 aromatic heterocycles. The van der Waals surface area contributed by atoms with Crippen molar-refractivity contribution < 1.29 is 13.9 Å². The van der Waals surface area contributed by atoms with Crippen LogP contribution in [0.25, 0.3) is 0 Å². The molecule has 2 atom stereocenters. The summed E-state index contributed by atoms with van der Waals surface area (Å²) in [6.45, 7) is 0. The number of rotatable bonds is 6. The Hall–Kier alpha value is -1.78. The second-order valence-electron chi connectivity index (χ2n) is 7.02. The minimum Gasteiger partial charge on any atom is -0.495 e. The van der Waals surface area contributed by atoms with Gasteiger partial charge >= 0.3 is 0 Å². The highest BCUT2D eigenvalue weighted by molar-refractivity contribution is 7.80. The van der Waals surface area contributed by atoms with Crippen molar-refractivity contribution >= 4 is 34.5 Å². The Morgan fingerprint density at radius 1 is 1.22 bits per heavy atom. The topological polar surface area (TPSA) is 26.3 Å². The average molecular weight is 405 g/mol. The van der Waals surface area contributed by atoms with Gasteiger partial charge in [-0.05, 0) is 59.5 Å². The minimum atomic E-state index is -0.256. The fourth-order valence-corrected chi connectivity index (χ4v) is 4.30. The van der Waals surface area contributed by atoms with Gasteiger partial charge in [-0.15, -0.1) is 0 Å². The molecule has 1 aliphatic rings. The number of halogens is 2. The van der Waals surface area contributed by atoms with Gasteiger partial charge in [0.2, 0.25) is 0 Å². The molecule has 0 spiro atoms. The maximum Gasteiger partial charge on any atom is 0.143 e. The summed E-state index contributed by atoms with van der Waals surface area (Å²) in [5.41, 5.74) is 1.93. The van der Waals surface area contributed by atoms with Crippen LogP contribution >= 0.6 is 23.8 Å². The quantitative estimate of drug-likeness (QED) is 0.557. The highest BCUT2D eigenvalue weighted by Crippen LogP contribution is 2.37. The third kappa shape index (κ3) is 4.94. The molecule has 0 aliphatic heterocycles. The van der Waals surface area contributed by atoms with E-state index in [1.165, 1.54) is 12.1 Å². The van der Waals surface area contributed by atoms with Crippen molar-refractivity contribution in [2.24, 2.45) is 5.92 Å². The zero-order valence-electron chi connectivity index (χ0n) is 15.2. The largest absolute Gasteiger partial charge is 0.495 e. The molecule has 1 aliphatic carbocycles. The highest BCUT2D eigenvalue weighted by Gasteiger charge is 2.33. The normalized spacial score (nSPS) is 19.7. The summed E-state index contributed by atoms with van der Waals surface area (Å²) in [4.78, 5) is 13.9. The first kappa shape index (κ1) is 20.0. The fourth-order valence-electron chi connectivity index (χ4n) is 3.74. The van der Waals surface area contributed by atoms with E-state index in [0.29, 0.717) is 23.6 Å². The first-order valence-corrected chi connectivity index (χ1v) is 9.90. The van der Waals surface area contributed by atoms with Crippen LogP contribution in [0.15, 0.2) is 42.5 Å². The molecular formula is C22H22ClFO2S. The van der Waals surface area contributed by atoms with E-state index in [1.807, 2.05) is 12.1 Å². The first-order valence-electron chi connectivity index (χ1n) is 9.11. The molecule has 1 fully saturated rings. The van der Waals surface area contributed by atoms with Crippen molar-refractivity contribution in [1.82, 2.24) is 0 Å². The van der Waals surface area contributed by atoms with Gasteiger partial charge in [-0.2, -0.15) is 0 Å². The molecule has 3 rings (SSSR count). The summed E-state index contributed by atoms with van der Waals surface area (Å²) < 4.78 is 18.3. The lowest BCUT2D eigenvalue weighted by Gasteiger charge is -2.28. The second kappa shape index (κ2) is 8.94. The lowest BCUT2D eigenvalue weighted by Crippen LogP contribution is -2.28. The molecule has 0 radical (unpaired) electrons. The number of hydrogen-bond donors (Lipinski definition) is 0. The zero-order chi connectivity index (χ0) is 19.4. The summed E-state index contributed by atoms with van der Waals surface area (Å²) >= 11 is 11.6. The van der Waals surface area contributed by atoms with Crippen LogP contribution in [0.1, 0.15) is 42.7 Å². The Bertz CT molecular complexity index is 835. The van der Waals surface area contributed by atoms with Crippen LogP contribution in [0.2, 0.25) is 5.02 Å². The van der Waals surface area contributed by atoms with Crippen LogP contribution in [-0.4, -0.2) is 17.8 Å². The molecule has 0 bridgehead atoms. The number of ether oxygens (including phenoxy) is 1. The van der Waals surface area contributed by atoms with Gasteiger partial charge in [0.05, 0.1) is 12.1 Å². The van der Waals surface area contributed by atoms with Crippen molar-refractivity contribution in [2.45, 2.75) is 38.0 Å². The van der Waals surface area contributed by atoms with Crippen molar-refractivity contribution in [1.29, 1.82) is 0 Å². The van der Waals surface area contributed by atoms with E-state index in [2.05, 4.69) is 0 Å². The van der Waals surface area contributed by atoms with Crippen LogP contribution < -0.4 is 4.74 Å². The van der Waals surface area contributed by atoms with Crippen molar-refractivity contribution in [2.75, 3.05) is 7.11 Å². The van der Waals surface area contributed by atoms with Crippen LogP contribution in [0.4, 0.5) is 4.39 Å². The molecule has 5 heteroatoms. The lowest BCUT2D eigenvalue weighted by molar-refractivity contribution is -0.126. The number of hydrogen-bond acceptors (Lipinski definition) is 3. The van der Waals surface area contributed by atoms with E-state index in [9.17, 15) is 9.18 Å². The van der Waals surface area contributed by atoms with Gasteiger partial charge in [-0.3, -0.25) is 4.79 Å². The maximum atomic E-state index is 13.1. The summed E-state index contributed by atoms with van der Waals surface area (Å²) in [5.74, 6) is 0.387. The molecule has 142 valence electrons. The number of methoxy groups -OCH3 is 1. The van der Waals surface area contributed by atoms with E-state index in [1.54, 1.807) is 25.3 Å². The van der Waals surface area contributed by atoms with E-state index in [4.69, 9.17) is 28.6 Å². The summed E-state index contributed by atoms with van der Waals surface area (Å²) in [7, 11) is 1.57. The fraction of sp³-hybridized carbons (Fsp3) is 0.364. The van der Waals surface area contributed by atoms with E-state index in [-0.39, 0.29) is 23.4 Å². The Morgan fingerprint density at radius 3 is 2.67 bits per heavy atom. The van der Waals surface area contributed by atoms with E-state index in [0.717, 1.165) is 35.3 Å². The molecule has 2 aromatic rings. The average Bonchev–Trinajstić information content (AvgIpc) is 2.66. The van der Waals surface area contributed by atoms with Gasteiger partial charge < -0.3 is 4.74 Å². The number of carbonyl (C=O) groups excluding carboxylic acids is 1. The van der Waals surface area contributed by atoms with E-state index >= 15 is 0 Å². The number of carbonyl (C=O) groups is 1. The van der Waals surface area contributed by atoms with Gasteiger partial charge in [-0.25, -0.2) is 4.39 Å². The summed E-state index contributed by atoms with van der Waals surface area (Å²) in [5, 5.41) is 0.543. The zero-order valence-corrected chi connectivity index (χ0v) is 16.8. The third-order valence-corrected chi connectivity index (χ3v) is 5.78. The third-order valence-electron chi connectivity index (χ3n) is 5.16. The Kier molecular flexibility index (Phi) is 6.61. The highest BCUT2D eigenvalue weighted by atomic mass is 35.5. The molecule has 0 N–H and O–H groups in total. The number of ketones is 1. The SMILES string of the molecule is COc1cc(C2CCCC(CC(=S)Cc3ccc(F)cc3)C2=O)ccc1Cl. The Balaban J connectivity index is 1.67. The predicted molar refractivity (Wildman–Crippen MR) is 110 cm³/mol. The van der Waals surface area contributed by atoms with E-state index < -0.39 is 0 Å². The van der Waals surface area contributed by atoms with Crippen LogP contribution in [0.3, 0.4) is 0 Å². The molecule has 0 saturated heterocycles. The Morgan fingerprint density at radius 2 is 1.96 bits per heavy atom. The second-order valence-corrected chi connectivity index (χ2v) is 8.01. The first-order chi connectivity index (χ1) is 13.0. The molecule has 1 saturated carbocycles. The van der Waals surface area contributed by atoms with Gasteiger partial charge in [0.1, 0.15) is 17.3 Å². The monoisotopic (exact) mass is 404 g/mol. The smallest absolute Gasteiger partial charge is 0.143 e. The summed E-state index contributed by atoms with van der Waals surface area (Å²) in [6, 6.07) is 11.9. The van der Waals surface area contributed by atoms with Crippen molar-refractivity contribution in [3.63, 3.8) is 0 Å².